The van der Waals surface area contributed by atoms with E-state index in [1.54, 1.807) is 6.20 Å². The number of carbonyl (C=O) groups is 1. The van der Waals surface area contributed by atoms with Crippen molar-refractivity contribution >= 4 is 5.91 Å². The van der Waals surface area contributed by atoms with E-state index < -0.39 is 0 Å². The molecule has 2 aromatic rings. The van der Waals surface area contributed by atoms with Crippen LogP contribution in [0.1, 0.15) is 11.1 Å². The number of morpholine rings is 1. The number of nitrogens with zero attached hydrogens (tertiary/aromatic N) is 4. The molecule has 1 aromatic carbocycles. The van der Waals surface area contributed by atoms with Crippen molar-refractivity contribution in [3.8, 4) is 0 Å². The van der Waals surface area contributed by atoms with Crippen LogP contribution in [0.4, 0.5) is 0 Å². The maximum atomic E-state index is 12.7. The fourth-order valence-electron chi connectivity index (χ4n) is 3.65. The fraction of sp³-hybridized carbons (Fsp3) is 0.474. The van der Waals surface area contributed by atoms with Crippen molar-refractivity contribution in [3.05, 3.63) is 53.9 Å². The van der Waals surface area contributed by atoms with E-state index in [-0.39, 0.29) is 12.0 Å². The third-order valence-corrected chi connectivity index (χ3v) is 5.02. The quantitative estimate of drug-likeness (QED) is 0.838. The molecule has 1 saturated heterocycles. The highest BCUT2D eigenvalue weighted by molar-refractivity contribution is 5.78. The van der Waals surface area contributed by atoms with Gasteiger partial charge in [0.1, 0.15) is 0 Å². The highest BCUT2D eigenvalue weighted by Gasteiger charge is 2.26. The Morgan fingerprint density at radius 2 is 2.08 bits per heavy atom. The van der Waals surface area contributed by atoms with Crippen LogP contribution in [0.15, 0.2) is 42.7 Å². The summed E-state index contributed by atoms with van der Waals surface area (Å²) in [5, 5.41) is 4.23. The largest absolute Gasteiger partial charge is 0.374 e. The van der Waals surface area contributed by atoms with Gasteiger partial charge in [0.05, 0.1) is 25.8 Å². The molecule has 0 aliphatic carbocycles. The summed E-state index contributed by atoms with van der Waals surface area (Å²) in [6, 6.07) is 10.3. The molecular formula is C19H24N4O2. The van der Waals surface area contributed by atoms with Gasteiger partial charge in [0.2, 0.25) is 5.91 Å². The summed E-state index contributed by atoms with van der Waals surface area (Å²) in [6.45, 7) is 5.01. The average Bonchev–Trinajstić information content (AvgIpc) is 3.14. The van der Waals surface area contributed by atoms with E-state index in [0.29, 0.717) is 13.2 Å². The molecule has 132 valence electrons. The van der Waals surface area contributed by atoms with Gasteiger partial charge in [0.15, 0.2) is 0 Å². The van der Waals surface area contributed by atoms with Gasteiger partial charge in [0, 0.05) is 38.6 Å². The predicted octanol–water partition coefficient (Wildman–Crippen LogP) is 1.17. The normalized spacial score (nSPS) is 21.1. The smallest absolute Gasteiger partial charge is 0.237 e. The molecule has 0 saturated carbocycles. The first-order valence-corrected chi connectivity index (χ1v) is 8.94. The monoisotopic (exact) mass is 340 g/mol. The number of amides is 1. The van der Waals surface area contributed by atoms with E-state index in [9.17, 15) is 4.79 Å². The van der Waals surface area contributed by atoms with Crippen molar-refractivity contribution in [3.63, 3.8) is 0 Å². The molecule has 3 heterocycles. The van der Waals surface area contributed by atoms with Gasteiger partial charge in [0.25, 0.3) is 0 Å². The lowest BCUT2D eigenvalue weighted by atomic mass is 10.00. The molecule has 0 N–H and O–H groups in total. The van der Waals surface area contributed by atoms with Crippen molar-refractivity contribution in [2.75, 3.05) is 32.8 Å². The number of hydrogen-bond donors (Lipinski definition) is 0. The molecule has 0 bridgehead atoms. The Labute approximate surface area is 148 Å². The molecule has 0 radical (unpaired) electrons. The van der Waals surface area contributed by atoms with Crippen LogP contribution in [-0.2, 0) is 29.0 Å². The van der Waals surface area contributed by atoms with Gasteiger partial charge < -0.3 is 9.64 Å². The molecule has 1 amide bonds. The fourth-order valence-corrected chi connectivity index (χ4v) is 3.65. The molecular weight excluding hydrogens is 316 g/mol. The van der Waals surface area contributed by atoms with Gasteiger partial charge in [-0.05, 0) is 23.6 Å². The molecule has 2 aliphatic heterocycles. The molecule has 2 aliphatic rings. The highest BCUT2D eigenvalue weighted by Crippen LogP contribution is 2.19. The Morgan fingerprint density at radius 1 is 1.20 bits per heavy atom. The summed E-state index contributed by atoms with van der Waals surface area (Å²) in [6.07, 6.45) is 4.76. The summed E-state index contributed by atoms with van der Waals surface area (Å²) in [4.78, 5) is 16.9. The molecule has 6 heteroatoms. The minimum Gasteiger partial charge on any atom is -0.374 e. The summed E-state index contributed by atoms with van der Waals surface area (Å²) in [7, 11) is 0. The molecule has 1 atom stereocenters. The topological polar surface area (TPSA) is 50.6 Å². The summed E-state index contributed by atoms with van der Waals surface area (Å²) >= 11 is 0. The maximum Gasteiger partial charge on any atom is 0.237 e. The Morgan fingerprint density at radius 3 is 2.92 bits per heavy atom. The van der Waals surface area contributed by atoms with Gasteiger partial charge >= 0.3 is 0 Å². The van der Waals surface area contributed by atoms with E-state index in [1.165, 1.54) is 11.1 Å². The van der Waals surface area contributed by atoms with Crippen LogP contribution in [-0.4, -0.2) is 64.4 Å². The second-order valence-electron chi connectivity index (χ2n) is 6.79. The number of fused-ring (bicyclic) bond motifs is 1. The van der Waals surface area contributed by atoms with Gasteiger partial charge in [-0.25, -0.2) is 0 Å². The first kappa shape index (κ1) is 16.3. The van der Waals surface area contributed by atoms with Crippen molar-refractivity contribution in [1.82, 2.24) is 19.6 Å². The Balaban J connectivity index is 1.32. The lowest BCUT2D eigenvalue weighted by molar-refractivity contribution is -0.135. The zero-order valence-corrected chi connectivity index (χ0v) is 14.4. The SMILES string of the molecule is O=C(CN1CCO[C@@H](Cn2cccn2)C1)N1CCc2ccccc2C1. The second kappa shape index (κ2) is 7.37. The lowest BCUT2D eigenvalue weighted by Gasteiger charge is -2.35. The van der Waals surface area contributed by atoms with Crippen molar-refractivity contribution < 1.29 is 9.53 Å². The van der Waals surface area contributed by atoms with Crippen LogP contribution in [0.3, 0.4) is 0 Å². The Kier molecular flexibility index (Phi) is 4.81. The van der Waals surface area contributed by atoms with E-state index in [2.05, 4.69) is 34.3 Å². The van der Waals surface area contributed by atoms with Gasteiger partial charge in [-0.1, -0.05) is 24.3 Å². The third kappa shape index (κ3) is 3.91. The number of carbonyl (C=O) groups excluding carboxylic acids is 1. The van der Waals surface area contributed by atoms with Crippen LogP contribution in [0.5, 0.6) is 0 Å². The molecule has 25 heavy (non-hydrogen) atoms. The van der Waals surface area contributed by atoms with Crippen LogP contribution >= 0.6 is 0 Å². The zero-order valence-electron chi connectivity index (χ0n) is 14.4. The highest BCUT2D eigenvalue weighted by atomic mass is 16.5. The molecule has 0 unspecified atom stereocenters. The minimum atomic E-state index is 0.0866. The van der Waals surface area contributed by atoms with E-state index in [4.69, 9.17) is 4.74 Å². The van der Waals surface area contributed by atoms with Crippen LogP contribution in [0, 0.1) is 0 Å². The van der Waals surface area contributed by atoms with Crippen LogP contribution in [0.25, 0.3) is 0 Å². The first-order chi connectivity index (χ1) is 12.3. The molecule has 1 fully saturated rings. The van der Waals surface area contributed by atoms with E-state index in [1.807, 2.05) is 21.8 Å². The predicted molar refractivity (Wildman–Crippen MR) is 94.0 cm³/mol. The summed E-state index contributed by atoms with van der Waals surface area (Å²) < 4.78 is 7.71. The summed E-state index contributed by atoms with van der Waals surface area (Å²) in [5.74, 6) is 0.217. The van der Waals surface area contributed by atoms with Crippen LogP contribution in [0.2, 0.25) is 0 Å². The van der Waals surface area contributed by atoms with Crippen LogP contribution < -0.4 is 0 Å². The number of rotatable bonds is 4. The van der Waals surface area contributed by atoms with E-state index >= 15 is 0 Å². The third-order valence-electron chi connectivity index (χ3n) is 5.02. The average molecular weight is 340 g/mol. The number of aromatic nitrogens is 2. The lowest BCUT2D eigenvalue weighted by Crippen LogP contribution is -2.49. The van der Waals surface area contributed by atoms with Crippen molar-refractivity contribution in [1.29, 1.82) is 0 Å². The van der Waals surface area contributed by atoms with Gasteiger partial charge in [-0.2, -0.15) is 5.10 Å². The molecule has 0 spiro atoms. The number of ether oxygens (including phenoxy) is 1. The number of benzene rings is 1. The second-order valence-corrected chi connectivity index (χ2v) is 6.79. The Bertz CT molecular complexity index is 716. The zero-order chi connectivity index (χ0) is 17.1. The molecule has 4 rings (SSSR count). The van der Waals surface area contributed by atoms with Crippen molar-refractivity contribution in [2.24, 2.45) is 0 Å². The van der Waals surface area contributed by atoms with Gasteiger partial charge in [-0.15, -0.1) is 0 Å². The molecule has 1 aromatic heterocycles. The van der Waals surface area contributed by atoms with Gasteiger partial charge in [-0.3, -0.25) is 14.4 Å². The maximum absolute atomic E-state index is 12.7. The minimum absolute atomic E-state index is 0.0866. The van der Waals surface area contributed by atoms with E-state index in [0.717, 1.165) is 39.1 Å². The summed E-state index contributed by atoms with van der Waals surface area (Å²) in [5.41, 5.74) is 2.65. The standard InChI is InChI=1S/C19H24N4O2/c24-19(22-9-6-16-4-1-2-5-17(16)12-22)15-21-10-11-25-18(13-21)14-23-8-3-7-20-23/h1-5,7-8,18H,6,9-15H2/t18-/m1/s1. The first-order valence-electron chi connectivity index (χ1n) is 8.94. The number of hydrogen-bond acceptors (Lipinski definition) is 4. The van der Waals surface area contributed by atoms with Crippen molar-refractivity contribution in [2.45, 2.75) is 25.6 Å². The Hall–Kier alpha value is -2.18. The molecule has 6 nitrogen and oxygen atoms in total.